The van der Waals surface area contributed by atoms with Gasteiger partial charge in [-0.1, -0.05) is 28.7 Å². The number of aryl methyl sites for hydroxylation is 1. The van der Waals surface area contributed by atoms with E-state index in [0.29, 0.717) is 5.39 Å². The van der Waals surface area contributed by atoms with Crippen LogP contribution >= 0.6 is 22.6 Å². The van der Waals surface area contributed by atoms with Crippen LogP contribution < -0.4 is 5.56 Å². The molecule has 0 saturated carbocycles. The van der Waals surface area contributed by atoms with E-state index in [1.807, 2.05) is 25.1 Å². The molecule has 4 heteroatoms. The first-order valence-corrected chi connectivity index (χ1v) is 6.18. The van der Waals surface area contributed by atoms with Crippen molar-refractivity contribution in [1.82, 2.24) is 9.55 Å². The van der Waals surface area contributed by atoms with E-state index in [2.05, 4.69) is 27.6 Å². The van der Waals surface area contributed by atoms with Gasteiger partial charge < -0.3 is 0 Å². The van der Waals surface area contributed by atoms with Gasteiger partial charge in [-0.15, -0.1) is 0 Å². The van der Waals surface area contributed by atoms with Gasteiger partial charge in [-0.05, 0) is 24.6 Å². The van der Waals surface area contributed by atoms with Crippen LogP contribution in [0, 0.1) is 6.92 Å². The highest BCUT2D eigenvalue weighted by Crippen LogP contribution is 2.11. The minimum Gasteiger partial charge on any atom is -0.299 e. The van der Waals surface area contributed by atoms with Crippen molar-refractivity contribution in [3.8, 4) is 0 Å². The van der Waals surface area contributed by atoms with Crippen molar-refractivity contribution in [3.63, 3.8) is 0 Å². The van der Waals surface area contributed by atoms with Gasteiger partial charge in [0.1, 0.15) is 5.82 Å². The second-order valence-corrected chi connectivity index (χ2v) is 4.31. The standard InChI is InChI=1S/C11H11IN2O/c1-7-3-4-8-9(5-7)13-10(6-12)14(2)11(8)15/h3-5H,6H2,1-2H3. The monoisotopic (exact) mass is 314 g/mol. The number of nitrogens with zero attached hydrogens (tertiary/aromatic N) is 2. The zero-order valence-electron chi connectivity index (χ0n) is 8.62. The average molecular weight is 314 g/mol. The fraction of sp³-hybridized carbons (Fsp3) is 0.273. The summed E-state index contributed by atoms with van der Waals surface area (Å²) in [6, 6.07) is 5.73. The number of hydrogen-bond acceptors (Lipinski definition) is 2. The molecule has 0 saturated heterocycles. The Morgan fingerprint density at radius 1 is 1.47 bits per heavy atom. The Bertz CT molecular complexity index is 575. The number of hydrogen-bond donors (Lipinski definition) is 0. The number of fused-ring (bicyclic) bond motifs is 1. The summed E-state index contributed by atoms with van der Waals surface area (Å²) in [6.45, 7) is 2.00. The lowest BCUT2D eigenvalue weighted by Crippen LogP contribution is -2.21. The Hall–Kier alpha value is -0.910. The molecule has 0 aliphatic rings. The number of aromatic nitrogens is 2. The van der Waals surface area contributed by atoms with Gasteiger partial charge in [0.25, 0.3) is 5.56 Å². The van der Waals surface area contributed by atoms with Gasteiger partial charge in [0, 0.05) is 7.05 Å². The van der Waals surface area contributed by atoms with E-state index in [4.69, 9.17) is 0 Å². The molecule has 0 fully saturated rings. The minimum atomic E-state index is 0.0340. The summed E-state index contributed by atoms with van der Waals surface area (Å²) in [6.07, 6.45) is 0. The van der Waals surface area contributed by atoms with E-state index >= 15 is 0 Å². The van der Waals surface area contributed by atoms with E-state index < -0.39 is 0 Å². The quantitative estimate of drug-likeness (QED) is 0.597. The van der Waals surface area contributed by atoms with Crippen LogP contribution in [0.15, 0.2) is 23.0 Å². The number of rotatable bonds is 1. The molecule has 3 nitrogen and oxygen atoms in total. The normalized spacial score (nSPS) is 10.9. The highest BCUT2D eigenvalue weighted by Gasteiger charge is 2.06. The highest BCUT2D eigenvalue weighted by atomic mass is 127. The molecule has 0 atom stereocenters. The van der Waals surface area contributed by atoms with Crippen molar-refractivity contribution < 1.29 is 0 Å². The molecule has 0 bridgehead atoms. The molecule has 78 valence electrons. The van der Waals surface area contributed by atoms with Gasteiger partial charge in [0.2, 0.25) is 0 Å². The Balaban J connectivity index is 2.91. The summed E-state index contributed by atoms with van der Waals surface area (Å²) in [5.41, 5.74) is 1.96. The lowest BCUT2D eigenvalue weighted by molar-refractivity contribution is 0.790. The summed E-state index contributed by atoms with van der Waals surface area (Å²) in [5, 5.41) is 0.691. The minimum absolute atomic E-state index is 0.0340. The second kappa shape index (κ2) is 3.92. The van der Waals surface area contributed by atoms with Crippen molar-refractivity contribution in [2.75, 3.05) is 0 Å². The van der Waals surface area contributed by atoms with E-state index in [1.165, 1.54) is 0 Å². The maximum atomic E-state index is 11.9. The van der Waals surface area contributed by atoms with Gasteiger partial charge in [0.05, 0.1) is 15.3 Å². The van der Waals surface area contributed by atoms with Crippen molar-refractivity contribution in [1.29, 1.82) is 0 Å². The number of halogens is 1. The van der Waals surface area contributed by atoms with E-state index in [1.54, 1.807) is 11.6 Å². The van der Waals surface area contributed by atoms with Crippen LogP contribution in [0.2, 0.25) is 0 Å². The van der Waals surface area contributed by atoms with E-state index in [9.17, 15) is 4.79 Å². The molecule has 2 rings (SSSR count). The lowest BCUT2D eigenvalue weighted by atomic mass is 10.2. The Morgan fingerprint density at radius 3 is 2.87 bits per heavy atom. The van der Waals surface area contributed by atoms with Crippen LogP contribution in [-0.2, 0) is 11.5 Å². The lowest BCUT2D eigenvalue weighted by Gasteiger charge is -2.06. The summed E-state index contributed by atoms with van der Waals surface area (Å²) in [4.78, 5) is 16.4. The average Bonchev–Trinajstić information content (AvgIpc) is 2.23. The topological polar surface area (TPSA) is 34.9 Å². The molecular weight excluding hydrogens is 303 g/mol. The van der Waals surface area contributed by atoms with Crippen LogP contribution in [0.4, 0.5) is 0 Å². The SMILES string of the molecule is Cc1ccc2c(=O)n(C)c(CI)nc2c1. The fourth-order valence-electron chi connectivity index (χ4n) is 1.55. The van der Waals surface area contributed by atoms with Gasteiger partial charge >= 0.3 is 0 Å². The molecule has 0 aliphatic heterocycles. The van der Waals surface area contributed by atoms with Crippen LogP contribution in [0.1, 0.15) is 11.4 Å². The summed E-state index contributed by atoms with van der Waals surface area (Å²) in [7, 11) is 1.77. The largest absolute Gasteiger partial charge is 0.299 e. The zero-order chi connectivity index (χ0) is 11.0. The molecule has 0 N–H and O–H groups in total. The zero-order valence-corrected chi connectivity index (χ0v) is 10.8. The van der Waals surface area contributed by atoms with Crippen molar-refractivity contribution in [2.24, 2.45) is 7.05 Å². The van der Waals surface area contributed by atoms with Crippen LogP contribution in [-0.4, -0.2) is 9.55 Å². The maximum Gasteiger partial charge on any atom is 0.261 e. The van der Waals surface area contributed by atoms with Crippen LogP contribution in [0.25, 0.3) is 10.9 Å². The van der Waals surface area contributed by atoms with Crippen LogP contribution in [0.5, 0.6) is 0 Å². The number of alkyl halides is 1. The molecule has 0 amide bonds. The molecule has 1 aromatic carbocycles. The first kappa shape index (κ1) is 10.6. The maximum absolute atomic E-state index is 11.9. The molecule has 15 heavy (non-hydrogen) atoms. The van der Waals surface area contributed by atoms with Crippen molar-refractivity contribution in [3.05, 3.63) is 39.9 Å². The van der Waals surface area contributed by atoms with Gasteiger partial charge in [0.15, 0.2) is 0 Å². The summed E-state index contributed by atoms with van der Waals surface area (Å²) < 4.78 is 2.36. The fourth-order valence-corrected chi connectivity index (χ4v) is 2.23. The summed E-state index contributed by atoms with van der Waals surface area (Å²) >= 11 is 2.21. The molecule has 1 heterocycles. The molecule has 2 aromatic rings. The molecular formula is C11H11IN2O. The Morgan fingerprint density at radius 2 is 2.20 bits per heavy atom. The van der Waals surface area contributed by atoms with Gasteiger partial charge in [-0.3, -0.25) is 9.36 Å². The second-order valence-electron chi connectivity index (χ2n) is 3.55. The third-order valence-electron chi connectivity index (χ3n) is 2.44. The third-order valence-corrected chi connectivity index (χ3v) is 3.13. The molecule has 0 spiro atoms. The molecule has 0 unspecified atom stereocenters. The van der Waals surface area contributed by atoms with Crippen molar-refractivity contribution in [2.45, 2.75) is 11.4 Å². The van der Waals surface area contributed by atoms with E-state index in [-0.39, 0.29) is 5.56 Å². The first-order chi connectivity index (χ1) is 7.13. The number of benzene rings is 1. The van der Waals surface area contributed by atoms with Gasteiger partial charge in [-0.25, -0.2) is 4.98 Å². The predicted molar refractivity (Wildman–Crippen MR) is 69.4 cm³/mol. The highest BCUT2D eigenvalue weighted by molar-refractivity contribution is 14.1. The third kappa shape index (κ3) is 1.78. The first-order valence-electron chi connectivity index (χ1n) is 4.65. The summed E-state index contributed by atoms with van der Waals surface area (Å²) in [5.74, 6) is 0.818. The molecule has 1 aromatic heterocycles. The smallest absolute Gasteiger partial charge is 0.261 e. The Labute approximate surface area is 101 Å². The van der Waals surface area contributed by atoms with E-state index in [0.717, 1.165) is 21.3 Å². The molecule has 0 radical (unpaired) electrons. The molecule has 0 aliphatic carbocycles. The Kier molecular flexibility index (Phi) is 2.77. The van der Waals surface area contributed by atoms with Gasteiger partial charge in [-0.2, -0.15) is 0 Å². The van der Waals surface area contributed by atoms with Crippen LogP contribution in [0.3, 0.4) is 0 Å². The van der Waals surface area contributed by atoms with Crippen molar-refractivity contribution >= 4 is 33.5 Å². The predicted octanol–water partition coefficient (Wildman–Crippen LogP) is 2.18.